The number of hydrogen-bond donors (Lipinski definition) is 1. The van der Waals surface area contributed by atoms with Crippen LogP contribution in [-0.4, -0.2) is 21.6 Å². The summed E-state index contributed by atoms with van der Waals surface area (Å²) in [6.45, 7) is 11.7. The molecular formula is C22H27N3O. The van der Waals surface area contributed by atoms with Gasteiger partial charge in [-0.1, -0.05) is 27.2 Å². The first-order valence-electron chi connectivity index (χ1n) is 9.54. The molecule has 4 heteroatoms. The number of H-pyrrole nitrogens is 1. The molecule has 0 radical (unpaired) electrons. The molecule has 0 bridgehead atoms. The fraction of sp³-hybridized carbons (Fsp3) is 0.455. The Hall–Kier alpha value is -2.20. The van der Waals surface area contributed by atoms with Crippen molar-refractivity contribution in [1.82, 2.24) is 15.0 Å². The van der Waals surface area contributed by atoms with Crippen LogP contribution >= 0.6 is 0 Å². The van der Waals surface area contributed by atoms with E-state index in [2.05, 4.69) is 57.8 Å². The molecule has 0 saturated heterocycles. The summed E-state index contributed by atoms with van der Waals surface area (Å²) in [7, 11) is 0. The quantitative estimate of drug-likeness (QED) is 0.672. The number of aryl methyl sites for hydroxylation is 1. The minimum Gasteiger partial charge on any atom is -0.372 e. The lowest BCUT2D eigenvalue weighted by atomic mass is 9.66. The summed E-state index contributed by atoms with van der Waals surface area (Å²) >= 11 is 0. The smallest absolute Gasteiger partial charge is 0.108 e. The van der Waals surface area contributed by atoms with Gasteiger partial charge in [-0.15, -0.1) is 0 Å². The first-order valence-corrected chi connectivity index (χ1v) is 9.54. The predicted octanol–water partition coefficient (Wildman–Crippen LogP) is 5.54. The molecule has 0 aliphatic heterocycles. The number of pyridine rings is 2. The van der Waals surface area contributed by atoms with E-state index in [0.717, 1.165) is 40.1 Å². The lowest BCUT2D eigenvalue weighted by molar-refractivity contribution is 0.00277. The first-order chi connectivity index (χ1) is 12.5. The third-order valence-electron chi connectivity index (χ3n) is 5.91. The summed E-state index contributed by atoms with van der Waals surface area (Å²) in [5, 5.41) is 0. The molecule has 1 aliphatic carbocycles. The molecule has 26 heavy (non-hydrogen) atoms. The number of ether oxygens (including phenoxy) is 1. The van der Waals surface area contributed by atoms with Gasteiger partial charge in [-0.3, -0.25) is 9.97 Å². The minimum atomic E-state index is -0.0556. The minimum absolute atomic E-state index is 0.0556. The van der Waals surface area contributed by atoms with E-state index in [4.69, 9.17) is 14.7 Å². The maximum Gasteiger partial charge on any atom is 0.108 e. The van der Waals surface area contributed by atoms with E-state index in [9.17, 15) is 0 Å². The molecule has 4 nitrogen and oxygen atoms in total. The largest absolute Gasteiger partial charge is 0.372 e. The van der Waals surface area contributed by atoms with Crippen molar-refractivity contribution in [2.75, 3.05) is 6.61 Å². The van der Waals surface area contributed by atoms with Gasteiger partial charge in [-0.25, -0.2) is 0 Å². The lowest BCUT2D eigenvalue weighted by Gasteiger charge is -2.42. The Labute approximate surface area is 155 Å². The van der Waals surface area contributed by atoms with Crippen LogP contribution in [0.3, 0.4) is 0 Å². The van der Waals surface area contributed by atoms with Gasteiger partial charge >= 0.3 is 0 Å². The zero-order valence-corrected chi connectivity index (χ0v) is 16.3. The second kappa shape index (κ2) is 6.20. The molecule has 0 saturated carbocycles. The third kappa shape index (κ3) is 2.47. The zero-order chi connectivity index (χ0) is 18.5. The number of nitrogens with zero attached hydrogens (tertiary/aromatic N) is 2. The zero-order valence-electron chi connectivity index (χ0n) is 16.3. The van der Waals surface area contributed by atoms with Gasteiger partial charge < -0.3 is 9.72 Å². The highest BCUT2D eigenvalue weighted by molar-refractivity contribution is 5.90. The van der Waals surface area contributed by atoms with Crippen LogP contribution < -0.4 is 0 Å². The van der Waals surface area contributed by atoms with Crippen molar-refractivity contribution >= 4 is 11.0 Å². The van der Waals surface area contributed by atoms with E-state index >= 15 is 0 Å². The number of aromatic nitrogens is 3. The molecule has 3 aromatic rings. The highest BCUT2D eigenvalue weighted by Gasteiger charge is 2.45. The van der Waals surface area contributed by atoms with Crippen LogP contribution in [0.1, 0.15) is 63.1 Å². The van der Waals surface area contributed by atoms with Crippen LogP contribution in [0.5, 0.6) is 0 Å². The molecule has 1 N–H and O–H groups in total. The summed E-state index contributed by atoms with van der Waals surface area (Å²) in [5.41, 5.74) is 7.88. The monoisotopic (exact) mass is 349 g/mol. The number of nitrogens with one attached hydrogen (secondary N) is 1. The number of hydrogen-bond acceptors (Lipinski definition) is 3. The summed E-state index contributed by atoms with van der Waals surface area (Å²) in [6.07, 6.45) is 2.87. The van der Waals surface area contributed by atoms with Gasteiger partial charge in [0.05, 0.1) is 22.4 Å². The van der Waals surface area contributed by atoms with Gasteiger partial charge in [0.1, 0.15) is 6.10 Å². The molecular weight excluding hydrogens is 322 g/mol. The third-order valence-corrected chi connectivity index (χ3v) is 5.91. The lowest BCUT2D eigenvalue weighted by Crippen LogP contribution is -2.32. The van der Waals surface area contributed by atoms with E-state index in [1.165, 1.54) is 5.56 Å². The Kier molecular flexibility index (Phi) is 4.11. The molecule has 3 heterocycles. The van der Waals surface area contributed by atoms with Crippen LogP contribution in [0.25, 0.3) is 22.3 Å². The van der Waals surface area contributed by atoms with Crippen molar-refractivity contribution < 1.29 is 4.74 Å². The predicted molar refractivity (Wildman–Crippen MR) is 105 cm³/mol. The van der Waals surface area contributed by atoms with E-state index in [0.29, 0.717) is 6.61 Å². The maximum atomic E-state index is 6.31. The number of rotatable bonds is 4. The maximum absolute atomic E-state index is 6.31. The van der Waals surface area contributed by atoms with E-state index in [1.807, 2.05) is 12.3 Å². The van der Waals surface area contributed by atoms with Crippen molar-refractivity contribution in [3.63, 3.8) is 0 Å². The van der Waals surface area contributed by atoms with Crippen LogP contribution in [0.15, 0.2) is 30.5 Å². The number of fused-ring (bicyclic) bond motifs is 5. The van der Waals surface area contributed by atoms with Crippen LogP contribution in [-0.2, 0) is 4.74 Å². The SMILES string of the molecule is CCO[C@@H]1c2ncccc2-c2[nH]c3ccc(C)nc3c2C1C(C)(C)CC. The fourth-order valence-electron chi connectivity index (χ4n) is 4.24. The van der Waals surface area contributed by atoms with Crippen LogP contribution in [0.2, 0.25) is 0 Å². The normalized spacial score (nSPS) is 19.4. The Morgan fingerprint density at radius 1 is 1.19 bits per heavy atom. The highest BCUT2D eigenvalue weighted by Crippen LogP contribution is 2.56. The van der Waals surface area contributed by atoms with Crippen molar-refractivity contribution in [3.05, 3.63) is 47.4 Å². The molecule has 1 aliphatic rings. The molecule has 2 atom stereocenters. The van der Waals surface area contributed by atoms with Crippen molar-refractivity contribution in [2.45, 2.75) is 53.1 Å². The van der Waals surface area contributed by atoms with Crippen molar-refractivity contribution in [3.8, 4) is 11.3 Å². The summed E-state index contributed by atoms with van der Waals surface area (Å²) in [6, 6.07) is 8.35. The highest BCUT2D eigenvalue weighted by atomic mass is 16.5. The van der Waals surface area contributed by atoms with E-state index in [-0.39, 0.29) is 17.4 Å². The average Bonchev–Trinajstić information content (AvgIpc) is 3.00. The van der Waals surface area contributed by atoms with Gasteiger partial charge in [-0.05, 0) is 43.5 Å². The fourth-order valence-corrected chi connectivity index (χ4v) is 4.24. The van der Waals surface area contributed by atoms with Gasteiger partial charge in [0.15, 0.2) is 0 Å². The molecule has 136 valence electrons. The Balaban J connectivity index is 2.09. The Morgan fingerprint density at radius 3 is 2.73 bits per heavy atom. The first kappa shape index (κ1) is 17.2. The van der Waals surface area contributed by atoms with Gasteiger partial charge in [0.25, 0.3) is 0 Å². The molecule has 1 unspecified atom stereocenters. The summed E-state index contributed by atoms with van der Waals surface area (Å²) in [5.74, 6) is 0.202. The second-order valence-electron chi connectivity index (χ2n) is 7.89. The van der Waals surface area contributed by atoms with Crippen molar-refractivity contribution in [2.24, 2.45) is 5.41 Å². The van der Waals surface area contributed by atoms with Gasteiger partial charge in [0.2, 0.25) is 0 Å². The van der Waals surface area contributed by atoms with Crippen molar-refractivity contribution in [1.29, 1.82) is 0 Å². The Morgan fingerprint density at radius 2 is 2.00 bits per heavy atom. The topological polar surface area (TPSA) is 50.8 Å². The summed E-state index contributed by atoms with van der Waals surface area (Å²) in [4.78, 5) is 13.3. The van der Waals surface area contributed by atoms with E-state index in [1.54, 1.807) is 0 Å². The second-order valence-corrected chi connectivity index (χ2v) is 7.89. The molecule has 0 fully saturated rings. The molecule has 3 aromatic heterocycles. The van der Waals surface area contributed by atoms with Crippen LogP contribution in [0.4, 0.5) is 0 Å². The standard InChI is InChI=1S/C22H27N3O/c1-6-22(4,5)17-16-18(25-15-11-10-13(3)24-20(15)16)14-9-8-12-23-19(14)21(17)26-7-2/h8-12,17,21,25H,6-7H2,1-5H3/t17?,21-/m0/s1. The molecule has 0 amide bonds. The molecule has 4 rings (SSSR count). The summed E-state index contributed by atoms with van der Waals surface area (Å²) < 4.78 is 6.31. The molecule has 0 spiro atoms. The van der Waals surface area contributed by atoms with E-state index < -0.39 is 0 Å². The molecule has 0 aromatic carbocycles. The van der Waals surface area contributed by atoms with Crippen LogP contribution in [0, 0.1) is 12.3 Å². The van der Waals surface area contributed by atoms with Gasteiger partial charge in [0, 0.05) is 35.5 Å². The average molecular weight is 349 g/mol. The Bertz CT molecular complexity index is 957. The van der Waals surface area contributed by atoms with Gasteiger partial charge in [-0.2, -0.15) is 0 Å². The number of aromatic amines is 1.